The van der Waals surface area contributed by atoms with E-state index < -0.39 is 0 Å². The minimum atomic E-state index is 0.397. The molecule has 1 heterocycles. The summed E-state index contributed by atoms with van der Waals surface area (Å²) >= 11 is 0. The Balaban J connectivity index is 2.39. The van der Waals surface area contributed by atoms with Gasteiger partial charge in [0.25, 0.3) is 0 Å². The van der Waals surface area contributed by atoms with Crippen LogP contribution >= 0.6 is 0 Å². The Morgan fingerprint density at radius 2 is 1.82 bits per heavy atom. The third-order valence-electron chi connectivity index (χ3n) is 3.12. The molecular weight excluding hydrogens is 214 g/mol. The molecule has 0 saturated carbocycles. The van der Waals surface area contributed by atoms with Gasteiger partial charge in [0.2, 0.25) is 0 Å². The van der Waals surface area contributed by atoms with E-state index in [-0.39, 0.29) is 0 Å². The lowest BCUT2D eigenvalue weighted by atomic mass is 9.94. The molecule has 0 amide bonds. The Morgan fingerprint density at radius 3 is 2.47 bits per heavy atom. The number of hydrogen-bond acceptors (Lipinski definition) is 3. The average molecular weight is 235 g/mol. The van der Waals surface area contributed by atoms with Crippen molar-refractivity contribution < 1.29 is 9.47 Å². The quantitative estimate of drug-likeness (QED) is 0.870. The van der Waals surface area contributed by atoms with Crippen LogP contribution in [-0.4, -0.2) is 19.8 Å². The summed E-state index contributed by atoms with van der Waals surface area (Å²) in [5.74, 6) is 1.74. The van der Waals surface area contributed by atoms with E-state index in [9.17, 15) is 0 Å². The van der Waals surface area contributed by atoms with Crippen LogP contribution in [0.25, 0.3) is 0 Å². The molecule has 94 valence electrons. The second-order valence-corrected chi connectivity index (χ2v) is 4.29. The zero-order valence-corrected chi connectivity index (χ0v) is 10.9. The molecule has 1 aromatic rings. The summed E-state index contributed by atoms with van der Waals surface area (Å²) in [5, 5.41) is 3.46. The first-order valence-corrected chi connectivity index (χ1v) is 6.42. The highest BCUT2D eigenvalue weighted by Crippen LogP contribution is 2.35. The average Bonchev–Trinajstić information content (AvgIpc) is 2.32. The van der Waals surface area contributed by atoms with Crippen molar-refractivity contribution in [3.63, 3.8) is 0 Å². The molecule has 0 aromatic heterocycles. The molecule has 1 aromatic carbocycles. The number of ether oxygens (including phenoxy) is 2. The summed E-state index contributed by atoms with van der Waals surface area (Å²) in [6, 6.07) is 4.66. The molecule has 3 heteroatoms. The maximum absolute atomic E-state index is 5.65. The van der Waals surface area contributed by atoms with Crippen LogP contribution in [-0.2, 0) is 6.42 Å². The van der Waals surface area contributed by atoms with Crippen LogP contribution in [0.2, 0.25) is 0 Å². The standard InChI is InChI=1S/C14H21NO2/c1-4-16-13-8-11-6-7-15-10(3)12(11)9-14(13)17-5-2/h8-10,15H,4-7H2,1-3H3. The Morgan fingerprint density at radius 1 is 1.18 bits per heavy atom. The Labute approximate surface area is 103 Å². The molecule has 0 bridgehead atoms. The van der Waals surface area contributed by atoms with E-state index in [1.807, 2.05) is 13.8 Å². The number of benzene rings is 1. The van der Waals surface area contributed by atoms with Gasteiger partial charge in [-0.05, 0) is 57.0 Å². The Kier molecular flexibility index (Phi) is 3.89. The smallest absolute Gasteiger partial charge is 0.161 e. The Hall–Kier alpha value is -1.22. The van der Waals surface area contributed by atoms with E-state index in [0.717, 1.165) is 24.5 Å². The summed E-state index contributed by atoms with van der Waals surface area (Å²) in [7, 11) is 0. The molecule has 0 radical (unpaired) electrons. The maximum atomic E-state index is 5.65. The summed E-state index contributed by atoms with van der Waals surface area (Å²) in [6.07, 6.45) is 1.06. The van der Waals surface area contributed by atoms with Crippen LogP contribution < -0.4 is 14.8 Å². The summed E-state index contributed by atoms with van der Waals surface area (Å²) in [4.78, 5) is 0. The number of hydrogen-bond donors (Lipinski definition) is 1. The number of nitrogens with one attached hydrogen (secondary N) is 1. The summed E-state index contributed by atoms with van der Waals surface area (Å²) in [5.41, 5.74) is 2.71. The van der Waals surface area contributed by atoms with Crippen LogP contribution in [0.1, 0.15) is 37.9 Å². The zero-order chi connectivity index (χ0) is 12.3. The van der Waals surface area contributed by atoms with E-state index in [2.05, 4.69) is 24.4 Å². The van der Waals surface area contributed by atoms with Gasteiger partial charge in [0.05, 0.1) is 13.2 Å². The molecule has 17 heavy (non-hydrogen) atoms. The van der Waals surface area contributed by atoms with Gasteiger partial charge in [-0.25, -0.2) is 0 Å². The lowest BCUT2D eigenvalue weighted by molar-refractivity contribution is 0.286. The van der Waals surface area contributed by atoms with Crippen LogP contribution in [0, 0.1) is 0 Å². The Bertz CT molecular complexity index is 390. The molecular formula is C14H21NO2. The van der Waals surface area contributed by atoms with Crippen molar-refractivity contribution in [2.75, 3.05) is 19.8 Å². The molecule has 1 aliphatic rings. The van der Waals surface area contributed by atoms with Crippen molar-refractivity contribution in [1.82, 2.24) is 5.32 Å². The van der Waals surface area contributed by atoms with Gasteiger partial charge in [0.1, 0.15) is 0 Å². The van der Waals surface area contributed by atoms with E-state index in [1.165, 1.54) is 11.1 Å². The highest BCUT2D eigenvalue weighted by molar-refractivity contribution is 5.49. The zero-order valence-electron chi connectivity index (χ0n) is 10.9. The van der Waals surface area contributed by atoms with Crippen molar-refractivity contribution >= 4 is 0 Å². The van der Waals surface area contributed by atoms with Crippen LogP contribution in [0.3, 0.4) is 0 Å². The van der Waals surface area contributed by atoms with Gasteiger partial charge in [-0.1, -0.05) is 0 Å². The first kappa shape index (κ1) is 12.2. The first-order chi connectivity index (χ1) is 8.26. The highest BCUT2D eigenvalue weighted by atomic mass is 16.5. The van der Waals surface area contributed by atoms with Gasteiger partial charge in [-0.2, -0.15) is 0 Å². The maximum Gasteiger partial charge on any atom is 0.161 e. The lowest BCUT2D eigenvalue weighted by Gasteiger charge is -2.25. The minimum absolute atomic E-state index is 0.397. The predicted molar refractivity (Wildman–Crippen MR) is 68.9 cm³/mol. The third-order valence-corrected chi connectivity index (χ3v) is 3.12. The fourth-order valence-electron chi connectivity index (χ4n) is 2.31. The van der Waals surface area contributed by atoms with Crippen molar-refractivity contribution in [3.8, 4) is 11.5 Å². The minimum Gasteiger partial charge on any atom is -0.490 e. The SMILES string of the molecule is CCOc1cc2c(cc1OCC)C(C)NCC2. The fourth-order valence-corrected chi connectivity index (χ4v) is 2.31. The molecule has 3 nitrogen and oxygen atoms in total. The van der Waals surface area contributed by atoms with Gasteiger partial charge in [-0.3, -0.25) is 0 Å². The fraction of sp³-hybridized carbons (Fsp3) is 0.571. The van der Waals surface area contributed by atoms with Crippen molar-refractivity contribution in [3.05, 3.63) is 23.3 Å². The van der Waals surface area contributed by atoms with Gasteiger partial charge in [0.15, 0.2) is 11.5 Å². The van der Waals surface area contributed by atoms with Crippen LogP contribution in [0.5, 0.6) is 11.5 Å². The molecule has 1 atom stereocenters. The summed E-state index contributed by atoms with van der Waals surface area (Å²) in [6.45, 7) is 8.56. The van der Waals surface area contributed by atoms with Crippen molar-refractivity contribution in [2.45, 2.75) is 33.2 Å². The van der Waals surface area contributed by atoms with E-state index >= 15 is 0 Å². The summed E-state index contributed by atoms with van der Waals surface area (Å²) < 4.78 is 11.3. The van der Waals surface area contributed by atoms with E-state index in [1.54, 1.807) is 0 Å². The van der Waals surface area contributed by atoms with Gasteiger partial charge >= 0.3 is 0 Å². The van der Waals surface area contributed by atoms with Crippen molar-refractivity contribution in [1.29, 1.82) is 0 Å². The van der Waals surface area contributed by atoms with E-state index in [4.69, 9.17) is 9.47 Å². The van der Waals surface area contributed by atoms with Crippen LogP contribution in [0.15, 0.2) is 12.1 Å². The molecule has 2 rings (SSSR count). The van der Waals surface area contributed by atoms with Crippen molar-refractivity contribution in [2.24, 2.45) is 0 Å². The predicted octanol–water partition coefficient (Wildman–Crippen LogP) is 2.69. The first-order valence-electron chi connectivity index (χ1n) is 6.42. The molecule has 1 N–H and O–H groups in total. The molecule has 0 saturated heterocycles. The topological polar surface area (TPSA) is 30.5 Å². The number of fused-ring (bicyclic) bond motifs is 1. The largest absolute Gasteiger partial charge is 0.490 e. The highest BCUT2D eigenvalue weighted by Gasteiger charge is 2.19. The van der Waals surface area contributed by atoms with Gasteiger partial charge in [0, 0.05) is 6.04 Å². The third kappa shape index (κ3) is 2.55. The molecule has 1 aliphatic heterocycles. The number of rotatable bonds is 4. The monoisotopic (exact) mass is 235 g/mol. The molecule has 0 aliphatic carbocycles. The van der Waals surface area contributed by atoms with Gasteiger partial charge in [-0.15, -0.1) is 0 Å². The molecule has 0 fully saturated rings. The molecule has 0 spiro atoms. The normalized spacial score (nSPS) is 18.6. The van der Waals surface area contributed by atoms with Gasteiger partial charge < -0.3 is 14.8 Å². The van der Waals surface area contributed by atoms with Crippen LogP contribution in [0.4, 0.5) is 0 Å². The second kappa shape index (κ2) is 5.41. The van der Waals surface area contributed by atoms with E-state index in [0.29, 0.717) is 19.3 Å². The second-order valence-electron chi connectivity index (χ2n) is 4.29. The molecule has 1 unspecified atom stereocenters. The lowest BCUT2D eigenvalue weighted by Crippen LogP contribution is -2.27.